The van der Waals surface area contributed by atoms with Crippen LogP contribution in [-0.2, 0) is 22.6 Å². The first kappa shape index (κ1) is 20.0. The number of para-hydroxylation sites is 1. The molecule has 0 radical (unpaired) electrons. The Morgan fingerprint density at radius 3 is 2.83 bits per heavy atom. The summed E-state index contributed by atoms with van der Waals surface area (Å²) in [4.78, 5) is 40.2. The van der Waals surface area contributed by atoms with Crippen molar-refractivity contribution in [2.24, 2.45) is 0 Å². The van der Waals surface area contributed by atoms with Crippen LogP contribution in [0.15, 0.2) is 41.5 Å². The molecule has 1 saturated heterocycles. The summed E-state index contributed by atoms with van der Waals surface area (Å²) in [6, 6.07) is 9.11. The van der Waals surface area contributed by atoms with Crippen molar-refractivity contribution in [3.8, 4) is 0 Å². The molecule has 3 heterocycles. The number of ether oxygens (including phenoxy) is 1. The van der Waals surface area contributed by atoms with E-state index in [4.69, 9.17) is 4.74 Å². The van der Waals surface area contributed by atoms with Crippen LogP contribution in [-0.4, -0.2) is 51.7 Å². The smallest absolute Gasteiger partial charge is 0.261 e. The second-order valence-electron chi connectivity index (χ2n) is 7.17. The Bertz CT molecular complexity index is 1110. The van der Waals surface area contributed by atoms with Gasteiger partial charge in [-0.2, -0.15) is 0 Å². The lowest BCUT2D eigenvalue weighted by atomic mass is 10.2. The highest BCUT2D eigenvalue weighted by atomic mass is 16.5. The van der Waals surface area contributed by atoms with Crippen LogP contribution in [0.2, 0.25) is 0 Å². The number of fused-ring (bicyclic) bond motifs is 1. The van der Waals surface area contributed by atoms with Gasteiger partial charge in [0.1, 0.15) is 11.6 Å². The molecule has 9 heteroatoms. The van der Waals surface area contributed by atoms with Gasteiger partial charge in [-0.3, -0.25) is 14.2 Å². The summed E-state index contributed by atoms with van der Waals surface area (Å²) in [7, 11) is 0. The van der Waals surface area contributed by atoms with Gasteiger partial charge in [-0.25, -0.2) is 15.0 Å². The SMILES string of the molecule is Cc1cc(N2CCOCC2)nc(CNC(=O)CCn2cnc3ccccc3c2=O)n1. The number of aromatic nitrogens is 4. The molecule has 0 aliphatic carbocycles. The fraction of sp³-hybridized carbons (Fsp3) is 0.381. The topological polar surface area (TPSA) is 102 Å². The average molecular weight is 408 g/mol. The molecule has 1 amide bonds. The first-order chi connectivity index (χ1) is 14.6. The van der Waals surface area contributed by atoms with Crippen molar-refractivity contribution in [1.82, 2.24) is 24.8 Å². The Balaban J connectivity index is 1.35. The maximum Gasteiger partial charge on any atom is 0.261 e. The highest BCUT2D eigenvalue weighted by Gasteiger charge is 2.14. The molecule has 0 atom stereocenters. The molecule has 4 rings (SSSR count). The third-order valence-electron chi connectivity index (χ3n) is 4.98. The lowest BCUT2D eigenvalue weighted by molar-refractivity contribution is -0.121. The van der Waals surface area contributed by atoms with E-state index in [0.717, 1.165) is 24.6 Å². The van der Waals surface area contributed by atoms with Crippen molar-refractivity contribution in [1.29, 1.82) is 0 Å². The summed E-state index contributed by atoms with van der Waals surface area (Å²) >= 11 is 0. The molecule has 156 valence electrons. The second kappa shape index (κ2) is 9.00. The number of rotatable bonds is 6. The lowest BCUT2D eigenvalue weighted by Gasteiger charge is -2.28. The molecule has 1 fully saturated rings. The molecular weight excluding hydrogens is 384 g/mol. The van der Waals surface area contributed by atoms with Crippen molar-refractivity contribution in [3.63, 3.8) is 0 Å². The Hall–Kier alpha value is -3.33. The van der Waals surface area contributed by atoms with Crippen LogP contribution in [0, 0.1) is 6.92 Å². The molecule has 1 aliphatic rings. The van der Waals surface area contributed by atoms with Crippen molar-refractivity contribution in [3.05, 3.63) is 58.5 Å². The number of morpholine rings is 1. The van der Waals surface area contributed by atoms with E-state index in [-0.39, 0.29) is 31.0 Å². The normalized spacial score (nSPS) is 14.1. The predicted molar refractivity (Wildman–Crippen MR) is 112 cm³/mol. The third-order valence-corrected chi connectivity index (χ3v) is 4.98. The molecule has 1 aromatic carbocycles. The zero-order valence-electron chi connectivity index (χ0n) is 16.9. The molecule has 1 aliphatic heterocycles. The summed E-state index contributed by atoms with van der Waals surface area (Å²) in [5.74, 6) is 1.24. The van der Waals surface area contributed by atoms with Gasteiger partial charge < -0.3 is 15.0 Å². The number of hydrogen-bond acceptors (Lipinski definition) is 7. The molecule has 9 nitrogen and oxygen atoms in total. The Kier molecular flexibility index (Phi) is 5.99. The van der Waals surface area contributed by atoms with Crippen LogP contribution in [0.1, 0.15) is 17.9 Å². The monoisotopic (exact) mass is 408 g/mol. The van der Waals surface area contributed by atoms with Gasteiger partial charge in [-0.1, -0.05) is 12.1 Å². The number of carbonyl (C=O) groups is 1. The van der Waals surface area contributed by atoms with Crippen LogP contribution < -0.4 is 15.8 Å². The molecule has 2 aromatic heterocycles. The predicted octanol–water partition coefficient (Wildman–Crippen LogP) is 1.04. The van der Waals surface area contributed by atoms with Gasteiger partial charge in [-0.15, -0.1) is 0 Å². The number of hydrogen-bond donors (Lipinski definition) is 1. The minimum Gasteiger partial charge on any atom is -0.378 e. The second-order valence-corrected chi connectivity index (χ2v) is 7.17. The minimum atomic E-state index is -0.173. The quantitative estimate of drug-likeness (QED) is 0.650. The van der Waals surface area contributed by atoms with E-state index in [9.17, 15) is 9.59 Å². The van der Waals surface area contributed by atoms with E-state index >= 15 is 0 Å². The van der Waals surface area contributed by atoms with Crippen molar-refractivity contribution >= 4 is 22.6 Å². The molecule has 0 unspecified atom stereocenters. The first-order valence-corrected chi connectivity index (χ1v) is 9.98. The van der Waals surface area contributed by atoms with Gasteiger partial charge in [0, 0.05) is 37.8 Å². The molecule has 1 N–H and O–H groups in total. The van der Waals surface area contributed by atoms with Gasteiger partial charge in [-0.05, 0) is 19.1 Å². The number of carbonyl (C=O) groups excluding carboxylic acids is 1. The average Bonchev–Trinajstić information content (AvgIpc) is 2.78. The largest absolute Gasteiger partial charge is 0.378 e. The number of benzene rings is 1. The number of amides is 1. The fourth-order valence-corrected chi connectivity index (χ4v) is 3.40. The third kappa shape index (κ3) is 4.62. The zero-order valence-corrected chi connectivity index (χ0v) is 16.9. The van der Waals surface area contributed by atoms with Gasteiger partial charge >= 0.3 is 0 Å². The zero-order chi connectivity index (χ0) is 20.9. The van der Waals surface area contributed by atoms with Gasteiger partial charge in [0.25, 0.3) is 5.56 Å². The van der Waals surface area contributed by atoms with Crippen LogP contribution >= 0.6 is 0 Å². The number of nitrogens with one attached hydrogen (secondary N) is 1. The Morgan fingerprint density at radius 2 is 2.00 bits per heavy atom. The lowest BCUT2D eigenvalue weighted by Crippen LogP contribution is -2.37. The van der Waals surface area contributed by atoms with Crippen molar-refractivity contribution in [2.75, 3.05) is 31.2 Å². The van der Waals surface area contributed by atoms with Gasteiger partial charge in [0.15, 0.2) is 0 Å². The highest BCUT2D eigenvalue weighted by molar-refractivity contribution is 5.77. The molecule has 30 heavy (non-hydrogen) atoms. The summed E-state index contributed by atoms with van der Waals surface area (Å²) in [5, 5.41) is 3.39. The maximum atomic E-state index is 12.5. The molecular formula is C21H24N6O3. The van der Waals surface area contributed by atoms with Gasteiger partial charge in [0.05, 0.1) is 37.0 Å². The van der Waals surface area contributed by atoms with Crippen LogP contribution in [0.4, 0.5) is 5.82 Å². The molecule has 0 bridgehead atoms. The number of nitrogens with zero attached hydrogens (tertiary/aromatic N) is 5. The van der Waals surface area contributed by atoms with E-state index < -0.39 is 0 Å². The Morgan fingerprint density at radius 1 is 1.20 bits per heavy atom. The summed E-state index contributed by atoms with van der Waals surface area (Å²) in [5.41, 5.74) is 1.35. The number of aryl methyl sites for hydroxylation is 2. The summed E-state index contributed by atoms with van der Waals surface area (Å²) < 4.78 is 6.85. The highest BCUT2D eigenvalue weighted by Crippen LogP contribution is 2.14. The van der Waals surface area contributed by atoms with Crippen molar-refractivity contribution in [2.45, 2.75) is 26.4 Å². The number of anilines is 1. The fourth-order valence-electron chi connectivity index (χ4n) is 3.40. The van der Waals surface area contributed by atoms with E-state index in [1.165, 1.54) is 10.9 Å². The molecule has 0 saturated carbocycles. The van der Waals surface area contributed by atoms with Gasteiger partial charge in [0.2, 0.25) is 5.91 Å². The first-order valence-electron chi connectivity index (χ1n) is 9.98. The van der Waals surface area contributed by atoms with E-state index in [1.807, 2.05) is 19.1 Å². The van der Waals surface area contributed by atoms with Crippen molar-refractivity contribution < 1.29 is 9.53 Å². The van der Waals surface area contributed by atoms with E-state index in [1.54, 1.807) is 18.2 Å². The minimum absolute atomic E-state index is 0.148. The van der Waals surface area contributed by atoms with Crippen LogP contribution in [0.3, 0.4) is 0 Å². The Labute approximate surface area is 173 Å². The standard InChI is InChI=1S/C21H24N6O3/c1-15-12-19(26-8-10-30-11-9-26)25-18(24-15)13-22-20(28)6-7-27-14-23-17-5-3-2-4-16(17)21(27)29/h2-5,12,14H,6-11,13H2,1H3,(H,22,28). The molecule has 0 spiro atoms. The maximum absolute atomic E-state index is 12.5. The summed E-state index contributed by atoms with van der Waals surface area (Å²) in [6.07, 6.45) is 1.65. The van der Waals surface area contributed by atoms with Crippen LogP contribution in [0.25, 0.3) is 10.9 Å². The van der Waals surface area contributed by atoms with E-state index in [2.05, 4.69) is 25.2 Å². The molecule has 3 aromatic rings. The van der Waals surface area contributed by atoms with E-state index in [0.29, 0.717) is 29.9 Å². The summed E-state index contributed by atoms with van der Waals surface area (Å²) in [6.45, 7) is 5.35. The van der Waals surface area contributed by atoms with Crippen LogP contribution in [0.5, 0.6) is 0 Å².